The Morgan fingerprint density at radius 3 is 2.75 bits per heavy atom. The van der Waals surface area contributed by atoms with Crippen LogP contribution in [-0.2, 0) is 6.54 Å². The summed E-state index contributed by atoms with van der Waals surface area (Å²) in [6.07, 6.45) is 3.18. The molecule has 7 heteroatoms. The first kappa shape index (κ1) is 17.7. The van der Waals surface area contributed by atoms with Crippen LogP contribution in [0.2, 0.25) is 0 Å². The molecule has 0 saturated heterocycles. The zero-order valence-electron chi connectivity index (χ0n) is 15.1. The summed E-state index contributed by atoms with van der Waals surface area (Å²) in [6, 6.07) is 15.6. The fourth-order valence-corrected chi connectivity index (χ4v) is 2.93. The van der Waals surface area contributed by atoms with Gasteiger partial charge in [-0.2, -0.15) is 5.10 Å². The van der Waals surface area contributed by atoms with E-state index in [0.717, 1.165) is 10.9 Å². The minimum Gasteiger partial charge on any atom is -0.494 e. The van der Waals surface area contributed by atoms with Crippen LogP contribution in [0.4, 0.5) is 10.1 Å². The Morgan fingerprint density at radius 2 is 1.96 bits per heavy atom. The van der Waals surface area contributed by atoms with E-state index in [-0.39, 0.29) is 11.7 Å². The van der Waals surface area contributed by atoms with Gasteiger partial charge in [-0.05, 0) is 23.8 Å². The largest absolute Gasteiger partial charge is 0.494 e. The van der Waals surface area contributed by atoms with Gasteiger partial charge in [0.15, 0.2) is 5.65 Å². The highest BCUT2D eigenvalue weighted by Crippen LogP contribution is 2.25. The second-order valence-electron chi connectivity index (χ2n) is 6.22. The van der Waals surface area contributed by atoms with Crippen LogP contribution in [0.15, 0.2) is 67.0 Å². The monoisotopic (exact) mass is 376 g/mol. The van der Waals surface area contributed by atoms with Crippen molar-refractivity contribution in [2.75, 3.05) is 12.4 Å². The van der Waals surface area contributed by atoms with Crippen LogP contribution >= 0.6 is 0 Å². The quantitative estimate of drug-likeness (QED) is 0.574. The van der Waals surface area contributed by atoms with Crippen molar-refractivity contribution >= 4 is 22.6 Å². The van der Waals surface area contributed by atoms with E-state index >= 15 is 0 Å². The highest BCUT2D eigenvalue weighted by Gasteiger charge is 2.13. The number of nitrogens with one attached hydrogen (secondary N) is 1. The molecular formula is C21H17FN4O2. The predicted octanol–water partition coefficient (Wildman–Crippen LogP) is 3.88. The van der Waals surface area contributed by atoms with Crippen molar-refractivity contribution in [2.45, 2.75) is 6.54 Å². The van der Waals surface area contributed by atoms with E-state index in [4.69, 9.17) is 4.74 Å². The Balaban J connectivity index is 1.57. The number of carbonyl (C=O) groups excluding carboxylic acids is 1. The van der Waals surface area contributed by atoms with Crippen LogP contribution in [0.3, 0.4) is 0 Å². The molecule has 0 spiro atoms. The van der Waals surface area contributed by atoms with E-state index < -0.39 is 5.82 Å². The number of ether oxygens (including phenoxy) is 1. The van der Waals surface area contributed by atoms with E-state index in [1.807, 2.05) is 30.3 Å². The molecule has 0 saturated carbocycles. The number of rotatable bonds is 5. The predicted molar refractivity (Wildman–Crippen MR) is 104 cm³/mol. The fraction of sp³-hybridized carbons (Fsp3) is 0.0952. The Labute approximate surface area is 160 Å². The first-order valence-electron chi connectivity index (χ1n) is 8.64. The van der Waals surface area contributed by atoms with E-state index in [0.29, 0.717) is 23.4 Å². The number of amides is 1. The maximum absolute atomic E-state index is 13.3. The molecular weight excluding hydrogens is 359 g/mol. The molecule has 4 aromatic rings. The number of hydrogen-bond acceptors (Lipinski definition) is 4. The van der Waals surface area contributed by atoms with Crippen LogP contribution in [0, 0.1) is 5.82 Å². The number of carbonyl (C=O) groups is 1. The molecule has 1 N–H and O–H groups in total. The van der Waals surface area contributed by atoms with Gasteiger partial charge in [-0.1, -0.05) is 30.3 Å². The molecule has 0 fully saturated rings. The van der Waals surface area contributed by atoms with Crippen LogP contribution in [0.5, 0.6) is 5.75 Å². The molecule has 0 aliphatic heterocycles. The van der Waals surface area contributed by atoms with E-state index in [2.05, 4.69) is 15.4 Å². The molecule has 0 aliphatic carbocycles. The number of fused-ring (bicyclic) bond motifs is 1. The highest BCUT2D eigenvalue weighted by molar-refractivity contribution is 6.06. The van der Waals surface area contributed by atoms with Gasteiger partial charge in [-0.15, -0.1) is 0 Å². The van der Waals surface area contributed by atoms with Crippen molar-refractivity contribution in [3.8, 4) is 5.75 Å². The van der Waals surface area contributed by atoms with Gasteiger partial charge in [0.25, 0.3) is 5.91 Å². The average Bonchev–Trinajstić information content (AvgIpc) is 3.12. The minimum absolute atomic E-state index is 0.248. The highest BCUT2D eigenvalue weighted by atomic mass is 19.1. The lowest BCUT2D eigenvalue weighted by molar-refractivity contribution is 0.102. The molecule has 2 aromatic heterocycles. The zero-order valence-corrected chi connectivity index (χ0v) is 15.1. The maximum atomic E-state index is 13.3. The van der Waals surface area contributed by atoms with Crippen molar-refractivity contribution < 1.29 is 13.9 Å². The molecule has 140 valence electrons. The molecule has 2 aromatic carbocycles. The van der Waals surface area contributed by atoms with Crippen LogP contribution in [0.1, 0.15) is 15.9 Å². The number of aromatic nitrogens is 3. The van der Waals surface area contributed by atoms with Crippen molar-refractivity contribution in [3.63, 3.8) is 0 Å². The van der Waals surface area contributed by atoms with Gasteiger partial charge < -0.3 is 10.1 Å². The van der Waals surface area contributed by atoms with Gasteiger partial charge in [0.2, 0.25) is 0 Å². The van der Waals surface area contributed by atoms with Crippen molar-refractivity contribution in [3.05, 3.63) is 83.9 Å². The average molecular weight is 376 g/mol. The Kier molecular flexibility index (Phi) is 4.72. The maximum Gasteiger partial charge on any atom is 0.257 e. The smallest absolute Gasteiger partial charge is 0.257 e. The van der Waals surface area contributed by atoms with Gasteiger partial charge in [-0.25, -0.2) is 14.1 Å². The normalized spacial score (nSPS) is 10.8. The molecule has 1 amide bonds. The second kappa shape index (κ2) is 7.48. The summed E-state index contributed by atoms with van der Waals surface area (Å²) < 4.78 is 20.2. The van der Waals surface area contributed by atoms with E-state index in [1.54, 1.807) is 16.9 Å². The first-order valence-corrected chi connectivity index (χ1v) is 8.64. The summed E-state index contributed by atoms with van der Waals surface area (Å²) in [6.45, 7) is 0.593. The summed E-state index contributed by atoms with van der Waals surface area (Å²) in [5, 5.41) is 7.85. The molecule has 2 heterocycles. The lowest BCUT2D eigenvalue weighted by Gasteiger charge is -2.10. The number of pyridine rings is 1. The molecule has 0 unspecified atom stereocenters. The third kappa shape index (κ3) is 3.55. The van der Waals surface area contributed by atoms with E-state index in [1.165, 1.54) is 31.5 Å². The Bertz CT molecular complexity index is 1140. The number of benzene rings is 2. The molecule has 0 atom stereocenters. The third-order valence-corrected chi connectivity index (χ3v) is 4.32. The zero-order chi connectivity index (χ0) is 19.5. The molecule has 0 radical (unpaired) electrons. The number of anilines is 1. The summed E-state index contributed by atoms with van der Waals surface area (Å²) in [5.41, 5.74) is 2.56. The van der Waals surface area contributed by atoms with Gasteiger partial charge >= 0.3 is 0 Å². The lowest BCUT2D eigenvalue weighted by atomic mass is 10.2. The summed E-state index contributed by atoms with van der Waals surface area (Å²) in [4.78, 5) is 17.0. The Morgan fingerprint density at radius 1 is 1.14 bits per heavy atom. The summed E-state index contributed by atoms with van der Waals surface area (Å²) in [7, 11) is 1.42. The van der Waals surface area contributed by atoms with Gasteiger partial charge in [0.05, 0.1) is 31.1 Å². The molecule has 4 rings (SSSR count). The lowest BCUT2D eigenvalue weighted by Crippen LogP contribution is -2.13. The molecule has 0 bridgehead atoms. The van der Waals surface area contributed by atoms with Crippen LogP contribution in [0.25, 0.3) is 11.0 Å². The minimum atomic E-state index is -0.441. The molecule has 0 aliphatic rings. The number of methoxy groups -OCH3 is 1. The van der Waals surface area contributed by atoms with E-state index in [9.17, 15) is 9.18 Å². The summed E-state index contributed by atoms with van der Waals surface area (Å²) >= 11 is 0. The van der Waals surface area contributed by atoms with Gasteiger partial charge in [0, 0.05) is 17.6 Å². The molecule has 28 heavy (non-hydrogen) atoms. The Hall–Kier alpha value is -3.74. The topological polar surface area (TPSA) is 69.0 Å². The summed E-state index contributed by atoms with van der Waals surface area (Å²) in [5.74, 6) is -0.558. The SMILES string of the molecule is COc1cc(F)ccc1NC(=O)c1cnc2c(cnn2Cc2ccccc2)c1. The van der Waals surface area contributed by atoms with Gasteiger partial charge in [0.1, 0.15) is 11.6 Å². The standard InChI is InChI=1S/C21H17FN4O2/c1-28-19-10-17(22)7-8-18(19)25-21(27)16-9-15-12-24-26(20(15)23-11-16)13-14-5-3-2-4-6-14/h2-12H,13H2,1H3,(H,25,27). The van der Waals surface area contributed by atoms with Crippen molar-refractivity contribution in [1.82, 2.24) is 14.8 Å². The van der Waals surface area contributed by atoms with Crippen molar-refractivity contribution in [2.24, 2.45) is 0 Å². The molecule has 6 nitrogen and oxygen atoms in total. The first-order chi connectivity index (χ1) is 13.6. The third-order valence-electron chi connectivity index (χ3n) is 4.32. The number of nitrogens with zero attached hydrogens (tertiary/aromatic N) is 3. The number of hydrogen-bond donors (Lipinski definition) is 1. The fourth-order valence-electron chi connectivity index (χ4n) is 2.93. The second-order valence-corrected chi connectivity index (χ2v) is 6.22. The number of halogens is 1. The van der Waals surface area contributed by atoms with Crippen LogP contribution < -0.4 is 10.1 Å². The van der Waals surface area contributed by atoms with Gasteiger partial charge in [-0.3, -0.25) is 4.79 Å². The van der Waals surface area contributed by atoms with Crippen molar-refractivity contribution in [1.29, 1.82) is 0 Å². The van der Waals surface area contributed by atoms with Crippen LogP contribution in [-0.4, -0.2) is 27.8 Å².